The highest BCUT2D eigenvalue weighted by Gasteiger charge is 2.19. The molecule has 1 N–H and O–H groups in total. The van der Waals surface area contributed by atoms with Gasteiger partial charge in [0.15, 0.2) is 17.4 Å². The van der Waals surface area contributed by atoms with Crippen LogP contribution in [0.2, 0.25) is 0 Å². The summed E-state index contributed by atoms with van der Waals surface area (Å²) in [5, 5.41) is 20.8. The number of benzene rings is 1. The van der Waals surface area contributed by atoms with E-state index in [2.05, 4.69) is 31.6 Å². The van der Waals surface area contributed by atoms with E-state index in [1.807, 2.05) is 41.8 Å². The predicted molar refractivity (Wildman–Crippen MR) is 121 cm³/mol. The van der Waals surface area contributed by atoms with Crippen molar-refractivity contribution in [3.8, 4) is 23.3 Å². The maximum absolute atomic E-state index is 12.2. The van der Waals surface area contributed by atoms with E-state index in [1.165, 1.54) is 13.2 Å². The van der Waals surface area contributed by atoms with Crippen LogP contribution in [0.3, 0.4) is 0 Å². The first kappa shape index (κ1) is 20.1. The molecule has 0 radical (unpaired) electrons. The molecule has 0 aliphatic carbocycles. The fourth-order valence-electron chi connectivity index (χ4n) is 3.51. The van der Waals surface area contributed by atoms with E-state index >= 15 is 0 Å². The SMILES string of the molecule is CC(=O)c1ccc(-n2cnc3cc(Nc4ccc(C)nn4)ccc32)nc1-c1occc1C#N. The minimum Gasteiger partial charge on any atom is -0.461 e. The van der Waals surface area contributed by atoms with Crippen molar-refractivity contribution >= 4 is 28.3 Å². The monoisotopic (exact) mass is 435 g/mol. The van der Waals surface area contributed by atoms with Crippen molar-refractivity contribution in [1.29, 1.82) is 5.26 Å². The Kier molecular flexibility index (Phi) is 4.88. The summed E-state index contributed by atoms with van der Waals surface area (Å²) in [6, 6.07) is 16.5. The van der Waals surface area contributed by atoms with E-state index in [1.54, 1.807) is 24.5 Å². The number of carbonyl (C=O) groups is 1. The molecule has 0 aliphatic heterocycles. The Morgan fingerprint density at radius 1 is 1.12 bits per heavy atom. The molecule has 0 saturated carbocycles. The average molecular weight is 435 g/mol. The molecule has 1 aromatic carbocycles. The first-order valence-corrected chi connectivity index (χ1v) is 10.1. The third-order valence-electron chi connectivity index (χ3n) is 5.12. The van der Waals surface area contributed by atoms with Crippen molar-refractivity contribution in [2.24, 2.45) is 0 Å². The number of hydrogen-bond acceptors (Lipinski definition) is 8. The topological polar surface area (TPSA) is 123 Å². The van der Waals surface area contributed by atoms with Crippen LogP contribution in [-0.2, 0) is 0 Å². The molecule has 0 amide bonds. The van der Waals surface area contributed by atoms with E-state index in [0.29, 0.717) is 28.5 Å². The summed E-state index contributed by atoms with van der Waals surface area (Å²) in [7, 11) is 0. The summed E-state index contributed by atoms with van der Waals surface area (Å²) in [6.45, 7) is 3.33. The molecule has 160 valence electrons. The second-order valence-electron chi connectivity index (χ2n) is 7.40. The number of carbonyl (C=O) groups excluding carboxylic acids is 1. The van der Waals surface area contributed by atoms with Gasteiger partial charge in [0.05, 0.1) is 28.6 Å². The van der Waals surface area contributed by atoms with Crippen LogP contribution in [0.15, 0.2) is 65.5 Å². The van der Waals surface area contributed by atoms with Gasteiger partial charge < -0.3 is 9.73 Å². The number of Topliss-reactive ketones (excluding diaryl/α,β-unsaturated/α-hetero) is 1. The smallest absolute Gasteiger partial charge is 0.170 e. The van der Waals surface area contributed by atoms with Crippen LogP contribution in [0.1, 0.15) is 28.5 Å². The Bertz CT molecular complexity index is 1540. The number of fused-ring (bicyclic) bond motifs is 1. The van der Waals surface area contributed by atoms with Crippen molar-refractivity contribution in [3.05, 3.63) is 77.9 Å². The molecule has 33 heavy (non-hydrogen) atoms. The third-order valence-corrected chi connectivity index (χ3v) is 5.12. The Morgan fingerprint density at radius 2 is 2.00 bits per heavy atom. The number of furan rings is 1. The second-order valence-corrected chi connectivity index (χ2v) is 7.40. The highest BCUT2D eigenvalue weighted by molar-refractivity contribution is 6.00. The van der Waals surface area contributed by atoms with Gasteiger partial charge in [0.1, 0.15) is 23.9 Å². The molecule has 9 heteroatoms. The number of nitrogens with zero attached hydrogens (tertiary/aromatic N) is 6. The van der Waals surface area contributed by atoms with Crippen LogP contribution >= 0.6 is 0 Å². The van der Waals surface area contributed by atoms with Gasteiger partial charge in [0.2, 0.25) is 0 Å². The van der Waals surface area contributed by atoms with Crippen LogP contribution in [0.25, 0.3) is 28.3 Å². The maximum atomic E-state index is 12.2. The van der Waals surface area contributed by atoms with Gasteiger partial charge in [-0.3, -0.25) is 9.36 Å². The van der Waals surface area contributed by atoms with Crippen molar-refractivity contribution in [3.63, 3.8) is 0 Å². The van der Waals surface area contributed by atoms with E-state index in [9.17, 15) is 10.1 Å². The fourth-order valence-corrected chi connectivity index (χ4v) is 3.51. The number of imidazole rings is 1. The molecule has 9 nitrogen and oxygen atoms in total. The quantitative estimate of drug-likeness (QED) is 0.398. The molecule has 5 aromatic rings. The maximum Gasteiger partial charge on any atom is 0.170 e. The number of ketones is 1. The van der Waals surface area contributed by atoms with Gasteiger partial charge in [0, 0.05) is 11.3 Å². The highest BCUT2D eigenvalue weighted by atomic mass is 16.3. The number of nitrogens with one attached hydrogen (secondary N) is 1. The Hall–Kier alpha value is -4.84. The largest absolute Gasteiger partial charge is 0.461 e. The van der Waals surface area contributed by atoms with Crippen LogP contribution < -0.4 is 5.32 Å². The van der Waals surface area contributed by atoms with Gasteiger partial charge in [-0.25, -0.2) is 9.97 Å². The van der Waals surface area contributed by atoms with Crippen molar-refractivity contribution in [2.75, 3.05) is 5.32 Å². The number of rotatable bonds is 5. The molecule has 4 heterocycles. The predicted octanol–water partition coefficient (Wildman–Crippen LogP) is 4.60. The zero-order valence-corrected chi connectivity index (χ0v) is 17.8. The lowest BCUT2D eigenvalue weighted by Crippen LogP contribution is -2.04. The van der Waals surface area contributed by atoms with Crippen molar-refractivity contribution in [1.82, 2.24) is 24.7 Å². The lowest BCUT2D eigenvalue weighted by molar-refractivity contribution is 0.101. The third kappa shape index (κ3) is 3.70. The Balaban J connectivity index is 1.55. The zero-order chi connectivity index (χ0) is 22.9. The Morgan fingerprint density at radius 3 is 2.76 bits per heavy atom. The molecule has 0 saturated heterocycles. The fraction of sp³-hybridized carbons (Fsp3) is 0.0833. The van der Waals surface area contributed by atoms with Crippen molar-refractivity contribution in [2.45, 2.75) is 13.8 Å². The molecule has 4 aromatic heterocycles. The van der Waals surface area contributed by atoms with Crippen LogP contribution in [0.5, 0.6) is 0 Å². The number of aromatic nitrogens is 5. The van der Waals surface area contributed by atoms with Gasteiger partial charge in [-0.1, -0.05) is 0 Å². The van der Waals surface area contributed by atoms with Crippen LogP contribution in [0, 0.1) is 18.3 Å². The lowest BCUT2D eigenvalue weighted by Gasteiger charge is -2.09. The molecule has 0 fully saturated rings. The first-order valence-electron chi connectivity index (χ1n) is 10.1. The van der Waals surface area contributed by atoms with Gasteiger partial charge >= 0.3 is 0 Å². The van der Waals surface area contributed by atoms with Gasteiger partial charge in [-0.2, -0.15) is 10.4 Å². The van der Waals surface area contributed by atoms with E-state index in [0.717, 1.165) is 22.4 Å². The van der Waals surface area contributed by atoms with Crippen molar-refractivity contribution < 1.29 is 9.21 Å². The first-order chi connectivity index (χ1) is 16.0. The highest BCUT2D eigenvalue weighted by Crippen LogP contribution is 2.29. The number of nitriles is 1. The minimum absolute atomic E-state index is 0.172. The molecule has 0 bridgehead atoms. The summed E-state index contributed by atoms with van der Waals surface area (Å²) >= 11 is 0. The van der Waals surface area contributed by atoms with Crippen LogP contribution in [0.4, 0.5) is 11.5 Å². The normalized spacial score (nSPS) is 10.8. The van der Waals surface area contributed by atoms with Gasteiger partial charge in [-0.05, 0) is 62.4 Å². The van der Waals surface area contributed by atoms with Gasteiger partial charge in [-0.15, -0.1) is 5.10 Å². The van der Waals surface area contributed by atoms with Crippen LogP contribution in [-0.4, -0.2) is 30.5 Å². The average Bonchev–Trinajstić information content (AvgIpc) is 3.47. The molecular formula is C24H17N7O2. The molecule has 0 unspecified atom stereocenters. The van der Waals surface area contributed by atoms with E-state index < -0.39 is 0 Å². The standard InChI is InChI=1S/C24H17N7O2/c1-14-3-7-21(30-29-14)27-17-4-6-20-19(11-17)26-13-31(20)22-8-5-18(15(2)32)23(28-22)24-16(12-25)9-10-33-24/h3-11,13H,1-2H3,(H,27,30). The summed E-state index contributed by atoms with van der Waals surface area (Å²) < 4.78 is 7.30. The summed E-state index contributed by atoms with van der Waals surface area (Å²) in [6.07, 6.45) is 3.07. The van der Waals surface area contributed by atoms with Gasteiger partial charge in [0.25, 0.3) is 0 Å². The molecule has 0 spiro atoms. The number of pyridine rings is 1. The second kappa shape index (κ2) is 8.01. The molecule has 0 atom stereocenters. The molecule has 0 aliphatic rings. The number of hydrogen-bond donors (Lipinski definition) is 1. The molecular weight excluding hydrogens is 418 g/mol. The summed E-state index contributed by atoms with van der Waals surface area (Å²) in [5.74, 6) is 1.27. The summed E-state index contributed by atoms with van der Waals surface area (Å²) in [5.41, 5.74) is 4.24. The minimum atomic E-state index is -0.172. The van der Waals surface area contributed by atoms with E-state index in [-0.39, 0.29) is 11.5 Å². The summed E-state index contributed by atoms with van der Waals surface area (Å²) in [4.78, 5) is 21.3. The Labute approximate surface area is 188 Å². The number of aryl methyl sites for hydroxylation is 1. The number of anilines is 2. The lowest BCUT2D eigenvalue weighted by atomic mass is 10.1. The zero-order valence-electron chi connectivity index (χ0n) is 17.8. The van der Waals surface area contributed by atoms with E-state index in [4.69, 9.17) is 4.42 Å². The molecule has 5 rings (SSSR count).